The summed E-state index contributed by atoms with van der Waals surface area (Å²) in [6, 6.07) is 1.41. The molecule has 0 aliphatic rings. The van der Waals surface area contributed by atoms with Crippen molar-refractivity contribution in [3.8, 4) is 6.07 Å². The van der Waals surface area contributed by atoms with Crippen LogP contribution >= 0.6 is 0 Å². The second-order valence-corrected chi connectivity index (χ2v) is 2.79. The van der Waals surface area contributed by atoms with Crippen LogP contribution in [-0.2, 0) is 0 Å². The first-order valence-corrected chi connectivity index (χ1v) is 4.08. The van der Waals surface area contributed by atoms with Crippen molar-refractivity contribution in [1.82, 2.24) is 5.32 Å². The Morgan fingerprint density at radius 3 is 1.82 bits per heavy atom. The van der Waals surface area contributed by atoms with E-state index in [9.17, 15) is 26.7 Å². The molecular formula is C9H3F5N2O. The minimum Gasteiger partial charge on any atom is -0.339 e. The monoisotopic (exact) mass is 250 g/mol. The number of rotatable bonds is 2. The van der Waals surface area contributed by atoms with E-state index in [1.165, 1.54) is 6.07 Å². The van der Waals surface area contributed by atoms with Crippen LogP contribution in [0.5, 0.6) is 0 Å². The van der Waals surface area contributed by atoms with Gasteiger partial charge >= 0.3 is 0 Å². The number of hydrogen-bond donors (Lipinski definition) is 1. The summed E-state index contributed by atoms with van der Waals surface area (Å²) in [6.45, 7) is -0.627. The van der Waals surface area contributed by atoms with Crippen molar-refractivity contribution in [3.63, 3.8) is 0 Å². The molecule has 0 bridgehead atoms. The zero-order chi connectivity index (χ0) is 13.2. The van der Waals surface area contributed by atoms with Gasteiger partial charge in [0.1, 0.15) is 12.1 Å². The maximum Gasteiger partial charge on any atom is 0.258 e. The zero-order valence-electron chi connectivity index (χ0n) is 7.95. The van der Waals surface area contributed by atoms with E-state index in [1.807, 2.05) is 0 Å². The Balaban J connectivity index is 3.35. The molecular weight excluding hydrogens is 247 g/mol. The maximum absolute atomic E-state index is 13.0. The summed E-state index contributed by atoms with van der Waals surface area (Å²) in [7, 11) is 0. The molecule has 0 saturated carbocycles. The lowest BCUT2D eigenvalue weighted by Crippen LogP contribution is -2.27. The molecule has 0 unspecified atom stereocenters. The Morgan fingerprint density at radius 2 is 1.41 bits per heavy atom. The molecule has 3 nitrogen and oxygen atoms in total. The second-order valence-electron chi connectivity index (χ2n) is 2.79. The SMILES string of the molecule is N#CCNC(=O)c1c(F)c(F)c(F)c(F)c1F. The molecule has 0 fully saturated rings. The molecule has 0 aromatic heterocycles. The fraction of sp³-hybridized carbons (Fsp3) is 0.111. The molecule has 90 valence electrons. The van der Waals surface area contributed by atoms with E-state index < -0.39 is 47.1 Å². The Bertz CT molecular complexity index is 494. The fourth-order valence-corrected chi connectivity index (χ4v) is 1.01. The average Bonchev–Trinajstić information content (AvgIpc) is 2.31. The highest BCUT2D eigenvalue weighted by atomic mass is 19.2. The van der Waals surface area contributed by atoms with Gasteiger partial charge in [-0.25, -0.2) is 22.0 Å². The summed E-state index contributed by atoms with van der Waals surface area (Å²) in [5, 5.41) is 9.76. The number of nitrogens with one attached hydrogen (secondary N) is 1. The normalized spacial score (nSPS) is 9.88. The molecule has 17 heavy (non-hydrogen) atoms. The van der Waals surface area contributed by atoms with Gasteiger partial charge in [-0.15, -0.1) is 0 Å². The first kappa shape index (κ1) is 12.9. The van der Waals surface area contributed by atoms with Crippen LogP contribution in [0.3, 0.4) is 0 Å². The van der Waals surface area contributed by atoms with E-state index in [2.05, 4.69) is 0 Å². The van der Waals surface area contributed by atoms with Gasteiger partial charge in [0.2, 0.25) is 5.82 Å². The number of nitrogens with zero attached hydrogens (tertiary/aromatic N) is 1. The largest absolute Gasteiger partial charge is 0.339 e. The third-order valence-electron chi connectivity index (χ3n) is 1.76. The lowest BCUT2D eigenvalue weighted by atomic mass is 10.1. The number of carbonyl (C=O) groups is 1. The number of benzene rings is 1. The summed E-state index contributed by atoms with van der Waals surface area (Å²) in [4.78, 5) is 11.1. The minimum atomic E-state index is -2.35. The fourth-order valence-electron chi connectivity index (χ4n) is 1.01. The highest BCUT2D eigenvalue weighted by Gasteiger charge is 2.29. The van der Waals surface area contributed by atoms with Crippen molar-refractivity contribution in [2.45, 2.75) is 0 Å². The van der Waals surface area contributed by atoms with Crippen molar-refractivity contribution < 1.29 is 26.7 Å². The molecule has 0 spiro atoms. The topological polar surface area (TPSA) is 52.9 Å². The molecule has 0 saturated heterocycles. The van der Waals surface area contributed by atoms with Crippen LogP contribution in [-0.4, -0.2) is 12.5 Å². The van der Waals surface area contributed by atoms with Gasteiger partial charge < -0.3 is 5.32 Å². The summed E-state index contributed by atoms with van der Waals surface area (Å²) in [5.41, 5.74) is -1.61. The number of amides is 1. The van der Waals surface area contributed by atoms with Crippen molar-refractivity contribution in [3.05, 3.63) is 34.6 Å². The first-order valence-electron chi connectivity index (χ1n) is 4.08. The predicted octanol–water partition coefficient (Wildman–Crippen LogP) is 1.64. The molecule has 0 aliphatic heterocycles. The van der Waals surface area contributed by atoms with Gasteiger partial charge in [0.25, 0.3) is 5.91 Å². The average molecular weight is 250 g/mol. The van der Waals surface area contributed by atoms with Gasteiger partial charge in [-0.1, -0.05) is 0 Å². The number of hydrogen-bond acceptors (Lipinski definition) is 2. The standard InChI is InChI=1S/C9H3F5N2O/c10-4-3(9(17)16-2-1-15)5(11)7(13)8(14)6(4)12/h2H2,(H,16,17). The Labute approximate surface area is 91.5 Å². The lowest BCUT2D eigenvalue weighted by molar-refractivity contribution is 0.0947. The van der Waals surface area contributed by atoms with Crippen molar-refractivity contribution in [2.75, 3.05) is 6.54 Å². The van der Waals surface area contributed by atoms with E-state index >= 15 is 0 Å². The van der Waals surface area contributed by atoms with Gasteiger partial charge in [-0.3, -0.25) is 4.79 Å². The van der Waals surface area contributed by atoms with E-state index in [0.717, 1.165) is 0 Å². The molecule has 1 N–H and O–H groups in total. The molecule has 8 heteroatoms. The van der Waals surface area contributed by atoms with Crippen LogP contribution in [0, 0.1) is 40.4 Å². The van der Waals surface area contributed by atoms with Crippen LogP contribution in [0.2, 0.25) is 0 Å². The minimum absolute atomic E-state index is 0.627. The molecule has 1 rings (SSSR count). The Hall–Kier alpha value is -2.17. The predicted molar refractivity (Wildman–Crippen MR) is 44.2 cm³/mol. The molecule has 1 aromatic rings. The summed E-state index contributed by atoms with van der Waals surface area (Å²) < 4.78 is 64.0. The van der Waals surface area contributed by atoms with E-state index in [1.54, 1.807) is 5.32 Å². The van der Waals surface area contributed by atoms with Crippen LogP contribution in [0.15, 0.2) is 0 Å². The van der Waals surface area contributed by atoms with Crippen LogP contribution < -0.4 is 5.32 Å². The van der Waals surface area contributed by atoms with Gasteiger partial charge in [-0.2, -0.15) is 5.26 Å². The van der Waals surface area contributed by atoms with E-state index in [4.69, 9.17) is 5.26 Å². The highest BCUT2D eigenvalue weighted by molar-refractivity contribution is 5.94. The zero-order valence-corrected chi connectivity index (χ0v) is 7.95. The molecule has 0 radical (unpaired) electrons. The smallest absolute Gasteiger partial charge is 0.258 e. The summed E-state index contributed by atoms with van der Waals surface area (Å²) in [5.74, 6) is -12.8. The quantitative estimate of drug-likeness (QED) is 0.375. The molecule has 1 amide bonds. The molecule has 0 aliphatic carbocycles. The van der Waals surface area contributed by atoms with Crippen LogP contribution in [0.1, 0.15) is 10.4 Å². The number of carbonyl (C=O) groups excluding carboxylic acids is 1. The number of halogens is 5. The molecule has 0 atom stereocenters. The van der Waals surface area contributed by atoms with Gasteiger partial charge in [-0.05, 0) is 0 Å². The molecule has 0 heterocycles. The van der Waals surface area contributed by atoms with Crippen molar-refractivity contribution in [1.29, 1.82) is 5.26 Å². The van der Waals surface area contributed by atoms with E-state index in [-0.39, 0.29) is 0 Å². The maximum atomic E-state index is 13.0. The number of nitriles is 1. The van der Waals surface area contributed by atoms with Crippen molar-refractivity contribution in [2.24, 2.45) is 0 Å². The van der Waals surface area contributed by atoms with Crippen molar-refractivity contribution >= 4 is 5.91 Å². The van der Waals surface area contributed by atoms with Gasteiger partial charge in [0.15, 0.2) is 23.3 Å². The Morgan fingerprint density at radius 1 is 1.00 bits per heavy atom. The van der Waals surface area contributed by atoms with Crippen LogP contribution in [0.4, 0.5) is 22.0 Å². The summed E-state index contributed by atoms with van der Waals surface area (Å²) >= 11 is 0. The second kappa shape index (κ2) is 4.78. The Kier molecular flexibility index (Phi) is 3.62. The van der Waals surface area contributed by atoms with E-state index in [0.29, 0.717) is 0 Å². The summed E-state index contributed by atoms with van der Waals surface area (Å²) in [6.07, 6.45) is 0. The first-order chi connectivity index (χ1) is 7.91. The molecule has 1 aromatic carbocycles. The lowest BCUT2D eigenvalue weighted by Gasteiger charge is -2.06. The third kappa shape index (κ3) is 2.18. The van der Waals surface area contributed by atoms with Gasteiger partial charge in [0, 0.05) is 0 Å². The van der Waals surface area contributed by atoms with Crippen LogP contribution in [0.25, 0.3) is 0 Å². The van der Waals surface area contributed by atoms with Gasteiger partial charge in [0.05, 0.1) is 6.07 Å². The highest BCUT2D eigenvalue weighted by Crippen LogP contribution is 2.22. The third-order valence-corrected chi connectivity index (χ3v) is 1.76.